The van der Waals surface area contributed by atoms with E-state index in [9.17, 15) is 4.79 Å². The molecule has 0 bridgehead atoms. The van der Waals surface area contributed by atoms with Crippen molar-refractivity contribution in [2.75, 3.05) is 20.0 Å². The smallest absolute Gasteiger partial charge is 0.180 e. The molecule has 110 valence electrons. The van der Waals surface area contributed by atoms with Crippen LogP contribution in [0.2, 0.25) is 0 Å². The van der Waals surface area contributed by atoms with Crippen molar-refractivity contribution in [3.8, 4) is 11.5 Å². The third-order valence-corrected chi connectivity index (χ3v) is 4.36. The summed E-state index contributed by atoms with van der Waals surface area (Å²) in [7, 11) is 3.10. The summed E-state index contributed by atoms with van der Waals surface area (Å²) in [6.45, 7) is 0. The van der Waals surface area contributed by atoms with Gasteiger partial charge >= 0.3 is 0 Å². The minimum atomic E-state index is -0.0192. The van der Waals surface area contributed by atoms with Crippen LogP contribution in [-0.2, 0) is 0 Å². The van der Waals surface area contributed by atoms with Crippen LogP contribution in [0.5, 0.6) is 11.5 Å². The molecule has 0 heterocycles. The van der Waals surface area contributed by atoms with Crippen molar-refractivity contribution in [3.05, 3.63) is 52.5 Å². The van der Waals surface area contributed by atoms with Crippen molar-refractivity contribution in [1.29, 1.82) is 0 Å². The molecule has 2 rings (SSSR count). The van der Waals surface area contributed by atoms with Gasteiger partial charge in [0.25, 0.3) is 0 Å². The number of methoxy groups -OCH3 is 2. The van der Waals surface area contributed by atoms with Gasteiger partial charge in [-0.3, -0.25) is 4.79 Å². The number of hydrogen-bond acceptors (Lipinski definition) is 4. The SMILES string of the molecule is COc1cccc(OC)c1C(=O)CSc1cccc(Br)c1. The number of ketones is 1. The van der Waals surface area contributed by atoms with Crippen molar-refractivity contribution in [3.63, 3.8) is 0 Å². The van der Waals surface area contributed by atoms with Gasteiger partial charge in [0.05, 0.1) is 20.0 Å². The largest absolute Gasteiger partial charge is 0.496 e. The predicted octanol–water partition coefficient (Wildman–Crippen LogP) is 4.44. The first-order valence-corrected chi connectivity index (χ1v) is 8.06. The maximum absolute atomic E-state index is 12.5. The van der Waals surface area contributed by atoms with Gasteiger partial charge in [-0.2, -0.15) is 0 Å². The molecular weight excluding hydrogens is 352 g/mol. The summed E-state index contributed by atoms with van der Waals surface area (Å²) in [5, 5.41) is 0. The molecule has 0 aliphatic rings. The Labute approximate surface area is 136 Å². The molecule has 0 unspecified atom stereocenters. The van der Waals surface area contributed by atoms with Crippen LogP contribution in [0.3, 0.4) is 0 Å². The fourth-order valence-electron chi connectivity index (χ4n) is 1.90. The normalized spacial score (nSPS) is 10.2. The van der Waals surface area contributed by atoms with Crippen LogP contribution >= 0.6 is 27.7 Å². The Morgan fingerprint density at radius 1 is 1.10 bits per heavy atom. The molecule has 0 saturated heterocycles. The van der Waals surface area contributed by atoms with Gasteiger partial charge in [-0.15, -0.1) is 11.8 Å². The van der Waals surface area contributed by atoms with Crippen LogP contribution < -0.4 is 9.47 Å². The summed E-state index contributed by atoms with van der Waals surface area (Å²) in [6, 6.07) is 13.2. The van der Waals surface area contributed by atoms with E-state index in [1.165, 1.54) is 11.8 Å². The Morgan fingerprint density at radius 3 is 2.29 bits per heavy atom. The van der Waals surface area contributed by atoms with Crippen LogP contribution in [0.1, 0.15) is 10.4 Å². The minimum Gasteiger partial charge on any atom is -0.496 e. The quantitative estimate of drug-likeness (QED) is 0.559. The Balaban J connectivity index is 2.17. The number of ether oxygens (including phenoxy) is 2. The second-order valence-electron chi connectivity index (χ2n) is 4.21. The molecule has 0 radical (unpaired) electrons. The highest BCUT2D eigenvalue weighted by molar-refractivity contribution is 9.10. The van der Waals surface area contributed by atoms with Gasteiger partial charge in [-0.25, -0.2) is 0 Å². The van der Waals surface area contributed by atoms with E-state index in [2.05, 4.69) is 15.9 Å². The summed E-state index contributed by atoms with van der Waals surface area (Å²) in [5.41, 5.74) is 0.491. The second kappa shape index (κ2) is 7.52. The molecule has 0 aromatic heterocycles. The summed E-state index contributed by atoms with van der Waals surface area (Å²) in [5.74, 6) is 1.38. The van der Waals surface area contributed by atoms with Gasteiger partial charge in [0.1, 0.15) is 17.1 Å². The fraction of sp³-hybridized carbons (Fsp3) is 0.188. The molecule has 5 heteroatoms. The van der Waals surface area contributed by atoms with E-state index in [-0.39, 0.29) is 5.78 Å². The van der Waals surface area contributed by atoms with Crippen molar-refractivity contribution in [2.24, 2.45) is 0 Å². The van der Waals surface area contributed by atoms with Crippen LogP contribution in [0.25, 0.3) is 0 Å². The molecule has 0 aliphatic heterocycles. The highest BCUT2D eigenvalue weighted by Crippen LogP contribution is 2.31. The fourth-order valence-corrected chi connectivity index (χ4v) is 3.28. The van der Waals surface area contributed by atoms with E-state index in [4.69, 9.17) is 9.47 Å². The van der Waals surface area contributed by atoms with Gasteiger partial charge in [-0.1, -0.05) is 28.1 Å². The molecule has 0 fully saturated rings. The molecule has 0 aliphatic carbocycles. The third-order valence-electron chi connectivity index (χ3n) is 2.87. The number of carbonyl (C=O) groups excluding carboxylic acids is 1. The highest BCUT2D eigenvalue weighted by Gasteiger charge is 2.18. The first-order valence-electron chi connectivity index (χ1n) is 6.28. The molecule has 0 N–H and O–H groups in total. The van der Waals surface area contributed by atoms with Crippen LogP contribution in [0, 0.1) is 0 Å². The summed E-state index contributed by atoms with van der Waals surface area (Å²) < 4.78 is 11.5. The molecule has 0 spiro atoms. The maximum Gasteiger partial charge on any atom is 0.180 e. The second-order valence-corrected chi connectivity index (χ2v) is 6.17. The number of benzene rings is 2. The van der Waals surface area contributed by atoms with Gasteiger partial charge in [-0.05, 0) is 30.3 Å². The van der Waals surface area contributed by atoms with E-state index < -0.39 is 0 Å². The Kier molecular flexibility index (Phi) is 5.70. The van der Waals surface area contributed by atoms with E-state index in [0.717, 1.165) is 9.37 Å². The van der Waals surface area contributed by atoms with Crippen LogP contribution in [0.4, 0.5) is 0 Å². The molecule has 0 atom stereocenters. The number of hydrogen-bond donors (Lipinski definition) is 0. The van der Waals surface area contributed by atoms with Crippen molar-refractivity contribution in [2.45, 2.75) is 4.90 Å². The maximum atomic E-state index is 12.5. The van der Waals surface area contributed by atoms with Gasteiger partial charge < -0.3 is 9.47 Å². The Bertz CT molecular complexity index is 621. The monoisotopic (exact) mass is 366 g/mol. The average Bonchev–Trinajstić information content (AvgIpc) is 2.51. The summed E-state index contributed by atoms with van der Waals surface area (Å²) >= 11 is 4.91. The molecule has 2 aromatic rings. The molecular formula is C16H15BrO3S. The van der Waals surface area contributed by atoms with E-state index in [1.54, 1.807) is 32.4 Å². The number of rotatable bonds is 6. The van der Waals surface area contributed by atoms with Crippen molar-refractivity contribution < 1.29 is 14.3 Å². The minimum absolute atomic E-state index is 0.0192. The Hall–Kier alpha value is -1.46. The lowest BCUT2D eigenvalue weighted by molar-refractivity contribution is 0.101. The molecule has 0 amide bonds. The summed E-state index contributed by atoms with van der Waals surface area (Å²) in [4.78, 5) is 13.5. The number of halogens is 1. The van der Waals surface area contributed by atoms with Crippen molar-refractivity contribution >= 4 is 33.5 Å². The molecule has 0 saturated carbocycles. The van der Waals surface area contributed by atoms with E-state index in [0.29, 0.717) is 22.8 Å². The summed E-state index contributed by atoms with van der Waals surface area (Å²) in [6.07, 6.45) is 0. The molecule has 21 heavy (non-hydrogen) atoms. The van der Waals surface area contributed by atoms with Gasteiger partial charge in [0.15, 0.2) is 5.78 Å². The topological polar surface area (TPSA) is 35.5 Å². The van der Waals surface area contributed by atoms with Crippen LogP contribution in [-0.4, -0.2) is 25.8 Å². The Morgan fingerprint density at radius 2 is 1.71 bits per heavy atom. The van der Waals surface area contributed by atoms with E-state index >= 15 is 0 Å². The van der Waals surface area contributed by atoms with Crippen LogP contribution in [0.15, 0.2) is 51.8 Å². The highest BCUT2D eigenvalue weighted by atomic mass is 79.9. The first-order chi connectivity index (χ1) is 10.2. The zero-order valence-corrected chi connectivity index (χ0v) is 14.2. The zero-order chi connectivity index (χ0) is 15.2. The number of Topliss-reactive ketones (excluding diaryl/α,β-unsaturated/α-hetero) is 1. The van der Waals surface area contributed by atoms with Gasteiger partial charge in [0.2, 0.25) is 0 Å². The number of thioether (sulfide) groups is 1. The first kappa shape index (κ1) is 15.9. The lowest BCUT2D eigenvalue weighted by atomic mass is 10.1. The van der Waals surface area contributed by atoms with E-state index in [1.807, 2.05) is 24.3 Å². The van der Waals surface area contributed by atoms with Gasteiger partial charge in [0, 0.05) is 9.37 Å². The lowest BCUT2D eigenvalue weighted by Gasteiger charge is -2.11. The average molecular weight is 367 g/mol. The number of carbonyl (C=O) groups is 1. The van der Waals surface area contributed by atoms with Crippen molar-refractivity contribution in [1.82, 2.24) is 0 Å². The molecule has 2 aromatic carbocycles. The zero-order valence-electron chi connectivity index (χ0n) is 11.8. The lowest BCUT2D eigenvalue weighted by Crippen LogP contribution is -2.07. The standard InChI is InChI=1S/C16H15BrO3S/c1-19-14-7-4-8-15(20-2)16(14)13(18)10-21-12-6-3-5-11(17)9-12/h3-9H,10H2,1-2H3. The predicted molar refractivity (Wildman–Crippen MR) is 88.7 cm³/mol. The molecule has 3 nitrogen and oxygen atoms in total. The third kappa shape index (κ3) is 4.02.